The van der Waals surface area contributed by atoms with Crippen LogP contribution in [0.4, 0.5) is 0 Å². The second-order valence-corrected chi connectivity index (χ2v) is 5.54. The van der Waals surface area contributed by atoms with E-state index in [-0.39, 0.29) is 5.56 Å². The molecule has 0 bridgehead atoms. The Labute approximate surface area is 108 Å². The Kier molecular flexibility index (Phi) is 4.14. The molecule has 100 valence electrons. The van der Waals surface area contributed by atoms with Gasteiger partial charge in [-0.2, -0.15) is 0 Å². The number of carboxylic acids is 1. The number of nitrogens with one attached hydrogen (secondary N) is 1. The van der Waals surface area contributed by atoms with Crippen molar-refractivity contribution in [2.75, 3.05) is 0 Å². The Morgan fingerprint density at radius 2 is 1.67 bits per heavy atom. The standard InChI is InChI=1S/C14H21NO3/c1-13(2,14(3,4)18)15-9-10-5-7-11(8-6-10)12(16)17/h5-8,15,18H,9H2,1-4H3,(H,16,17). The first-order valence-electron chi connectivity index (χ1n) is 5.93. The highest BCUT2D eigenvalue weighted by Crippen LogP contribution is 2.21. The monoisotopic (exact) mass is 251 g/mol. The largest absolute Gasteiger partial charge is 0.478 e. The summed E-state index contributed by atoms with van der Waals surface area (Å²) in [6, 6.07) is 6.71. The highest BCUT2D eigenvalue weighted by molar-refractivity contribution is 5.87. The molecule has 0 fully saturated rings. The van der Waals surface area contributed by atoms with Crippen LogP contribution in [0.1, 0.15) is 43.6 Å². The van der Waals surface area contributed by atoms with E-state index >= 15 is 0 Å². The maximum Gasteiger partial charge on any atom is 0.335 e. The van der Waals surface area contributed by atoms with Crippen LogP contribution in [-0.2, 0) is 6.54 Å². The number of benzene rings is 1. The van der Waals surface area contributed by atoms with Crippen LogP contribution in [0.3, 0.4) is 0 Å². The van der Waals surface area contributed by atoms with Gasteiger partial charge in [-0.3, -0.25) is 0 Å². The van der Waals surface area contributed by atoms with Crippen molar-refractivity contribution in [3.8, 4) is 0 Å². The molecule has 0 aliphatic heterocycles. The van der Waals surface area contributed by atoms with E-state index in [9.17, 15) is 9.90 Å². The van der Waals surface area contributed by atoms with E-state index in [0.717, 1.165) is 5.56 Å². The number of carbonyl (C=O) groups is 1. The van der Waals surface area contributed by atoms with Crippen LogP contribution in [-0.4, -0.2) is 27.3 Å². The second kappa shape index (κ2) is 5.08. The molecule has 18 heavy (non-hydrogen) atoms. The average molecular weight is 251 g/mol. The molecule has 0 heterocycles. The maximum atomic E-state index is 10.7. The molecule has 0 unspecified atom stereocenters. The predicted molar refractivity (Wildman–Crippen MR) is 70.6 cm³/mol. The Morgan fingerprint density at radius 1 is 1.17 bits per heavy atom. The molecule has 0 saturated heterocycles. The number of carboxylic acid groups (broad SMARTS) is 1. The molecule has 1 aromatic rings. The Balaban J connectivity index is 2.67. The Bertz CT molecular complexity index is 416. The zero-order valence-corrected chi connectivity index (χ0v) is 11.3. The van der Waals surface area contributed by atoms with E-state index in [4.69, 9.17) is 5.11 Å². The minimum atomic E-state index is -0.925. The molecule has 0 radical (unpaired) electrons. The van der Waals surface area contributed by atoms with Crippen LogP contribution in [0.2, 0.25) is 0 Å². The molecule has 0 saturated carbocycles. The SMILES string of the molecule is CC(C)(O)C(C)(C)NCc1ccc(C(=O)O)cc1. The zero-order valence-electron chi connectivity index (χ0n) is 11.3. The van der Waals surface area contributed by atoms with E-state index in [1.165, 1.54) is 0 Å². The lowest BCUT2D eigenvalue weighted by Gasteiger charge is -2.38. The van der Waals surface area contributed by atoms with Gasteiger partial charge in [0.05, 0.1) is 11.2 Å². The molecule has 0 spiro atoms. The number of aliphatic hydroxyl groups is 1. The first kappa shape index (κ1) is 14.7. The van der Waals surface area contributed by atoms with Gasteiger partial charge in [0.25, 0.3) is 0 Å². The molecule has 3 N–H and O–H groups in total. The van der Waals surface area contributed by atoms with Crippen molar-refractivity contribution >= 4 is 5.97 Å². The van der Waals surface area contributed by atoms with E-state index in [0.29, 0.717) is 6.54 Å². The maximum absolute atomic E-state index is 10.7. The molecule has 4 heteroatoms. The molecule has 0 aliphatic carbocycles. The third-order valence-electron chi connectivity index (χ3n) is 3.46. The fourth-order valence-corrected chi connectivity index (χ4v) is 1.30. The number of hydrogen-bond acceptors (Lipinski definition) is 3. The molecule has 0 atom stereocenters. The fraction of sp³-hybridized carbons (Fsp3) is 0.500. The summed E-state index contributed by atoms with van der Waals surface area (Å²) in [4.78, 5) is 10.7. The van der Waals surface area contributed by atoms with Crippen LogP contribution >= 0.6 is 0 Å². The van der Waals surface area contributed by atoms with Gasteiger partial charge in [0.15, 0.2) is 0 Å². The lowest BCUT2D eigenvalue weighted by Crippen LogP contribution is -2.55. The van der Waals surface area contributed by atoms with Crippen LogP contribution in [0.15, 0.2) is 24.3 Å². The van der Waals surface area contributed by atoms with Crippen molar-refractivity contribution in [3.63, 3.8) is 0 Å². The van der Waals surface area contributed by atoms with Crippen molar-refractivity contribution in [1.29, 1.82) is 0 Å². The van der Waals surface area contributed by atoms with Gasteiger partial charge in [-0.15, -0.1) is 0 Å². The highest BCUT2D eigenvalue weighted by Gasteiger charge is 2.34. The summed E-state index contributed by atoms with van der Waals surface area (Å²) >= 11 is 0. The topological polar surface area (TPSA) is 69.6 Å². The zero-order chi connectivity index (χ0) is 14.0. The Hall–Kier alpha value is -1.39. The first-order chi connectivity index (χ1) is 8.13. The summed E-state index contributed by atoms with van der Waals surface area (Å²) in [6.07, 6.45) is 0. The highest BCUT2D eigenvalue weighted by atomic mass is 16.4. The van der Waals surface area contributed by atoms with Gasteiger partial charge < -0.3 is 15.5 Å². The molecule has 1 rings (SSSR count). The molecule has 0 aromatic heterocycles. The third kappa shape index (κ3) is 3.55. The van der Waals surface area contributed by atoms with E-state index in [2.05, 4.69) is 5.32 Å². The van der Waals surface area contributed by atoms with E-state index in [1.54, 1.807) is 38.1 Å². The lowest BCUT2D eigenvalue weighted by atomic mass is 9.86. The molecule has 4 nitrogen and oxygen atoms in total. The summed E-state index contributed by atoms with van der Waals surface area (Å²) in [5.41, 5.74) is -0.00948. The number of rotatable bonds is 5. The predicted octanol–water partition coefficient (Wildman–Crippen LogP) is 2.02. The normalized spacial score (nSPS) is 12.5. The number of aromatic carboxylic acids is 1. The van der Waals surface area contributed by atoms with Crippen molar-refractivity contribution in [2.24, 2.45) is 0 Å². The smallest absolute Gasteiger partial charge is 0.335 e. The lowest BCUT2D eigenvalue weighted by molar-refractivity contribution is -0.00531. The summed E-state index contributed by atoms with van der Waals surface area (Å²) < 4.78 is 0. The quantitative estimate of drug-likeness (QED) is 0.749. The first-order valence-corrected chi connectivity index (χ1v) is 5.93. The molecule has 0 aliphatic rings. The molecule has 1 aromatic carbocycles. The van der Waals surface area contributed by atoms with Crippen molar-refractivity contribution in [1.82, 2.24) is 5.32 Å². The van der Waals surface area contributed by atoms with E-state index in [1.807, 2.05) is 13.8 Å². The second-order valence-electron chi connectivity index (χ2n) is 5.54. The van der Waals surface area contributed by atoms with E-state index < -0.39 is 17.1 Å². The fourth-order valence-electron chi connectivity index (χ4n) is 1.30. The molecular formula is C14H21NO3. The minimum absolute atomic E-state index is 0.278. The molecular weight excluding hydrogens is 230 g/mol. The van der Waals surface area contributed by atoms with Crippen LogP contribution < -0.4 is 5.32 Å². The summed E-state index contributed by atoms with van der Waals surface area (Å²) in [5, 5.41) is 22.1. The minimum Gasteiger partial charge on any atom is -0.478 e. The van der Waals surface area contributed by atoms with Crippen LogP contribution in [0.25, 0.3) is 0 Å². The van der Waals surface area contributed by atoms with Crippen LogP contribution in [0.5, 0.6) is 0 Å². The average Bonchev–Trinajstić information content (AvgIpc) is 2.25. The van der Waals surface area contributed by atoms with Gasteiger partial charge in [-0.25, -0.2) is 4.79 Å². The number of hydrogen-bond donors (Lipinski definition) is 3. The van der Waals surface area contributed by atoms with Gasteiger partial charge in [-0.05, 0) is 45.4 Å². The van der Waals surface area contributed by atoms with Gasteiger partial charge in [-0.1, -0.05) is 12.1 Å². The van der Waals surface area contributed by atoms with Gasteiger partial charge >= 0.3 is 5.97 Å². The summed E-state index contributed by atoms with van der Waals surface area (Å²) in [5.74, 6) is -0.925. The third-order valence-corrected chi connectivity index (χ3v) is 3.46. The Morgan fingerprint density at radius 3 is 2.06 bits per heavy atom. The molecule has 0 amide bonds. The van der Waals surface area contributed by atoms with Crippen molar-refractivity contribution < 1.29 is 15.0 Å². The van der Waals surface area contributed by atoms with Crippen molar-refractivity contribution in [2.45, 2.75) is 45.4 Å². The summed E-state index contributed by atoms with van der Waals surface area (Å²) in [7, 11) is 0. The van der Waals surface area contributed by atoms with Crippen LogP contribution in [0, 0.1) is 0 Å². The van der Waals surface area contributed by atoms with Gasteiger partial charge in [0, 0.05) is 12.1 Å². The van der Waals surface area contributed by atoms with Crippen molar-refractivity contribution in [3.05, 3.63) is 35.4 Å². The summed E-state index contributed by atoms with van der Waals surface area (Å²) in [6.45, 7) is 7.95. The van der Waals surface area contributed by atoms with Gasteiger partial charge in [0.1, 0.15) is 0 Å². The van der Waals surface area contributed by atoms with Gasteiger partial charge in [0.2, 0.25) is 0 Å².